The number of hydrogen-bond acceptors (Lipinski definition) is 2. The third-order valence-corrected chi connectivity index (χ3v) is 3.53. The van der Waals surface area contributed by atoms with Crippen molar-refractivity contribution in [1.82, 2.24) is 4.90 Å². The second-order valence-electron chi connectivity index (χ2n) is 4.96. The number of amides is 1. The molecule has 1 aliphatic rings. The summed E-state index contributed by atoms with van der Waals surface area (Å²) < 4.78 is 26.3. The number of halogens is 2. The Balaban J connectivity index is 1.99. The maximum Gasteiger partial charge on any atom is 0.303 e. The number of hydrogen-bond donors (Lipinski definition) is 1. The number of likely N-dealkylation sites (tertiary alicyclic amines) is 1. The molecule has 2 rings (SSSR count). The Bertz CT molecular complexity index is 525. The van der Waals surface area contributed by atoms with Crippen molar-refractivity contribution < 1.29 is 23.5 Å². The van der Waals surface area contributed by atoms with Crippen molar-refractivity contribution in [3.8, 4) is 0 Å². The average molecular weight is 283 g/mol. The molecule has 1 amide bonds. The molecule has 1 aromatic carbocycles. The first-order chi connectivity index (χ1) is 9.47. The Kier molecular flexibility index (Phi) is 4.32. The van der Waals surface area contributed by atoms with Gasteiger partial charge in [-0.05, 0) is 30.9 Å². The molecule has 0 atom stereocenters. The minimum atomic E-state index is -0.873. The van der Waals surface area contributed by atoms with Gasteiger partial charge in [0.1, 0.15) is 11.6 Å². The van der Waals surface area contributed by atoms with Crippen molar-refractivity contribution in [1.29, 1.82) is 0 Å². The molecule has 4 nitrogen and oxygen atoms in total. The lowest BCUT2D eigenvalue weighted by Gasteiger charge is -2.31. The zero-order valence-corrected chi connectivity index (χ0v) is 10.8. The highest BCUT2D eigenvalue weighted by Gasteiger charge is 2.26. The number of piperidine rings is 1. The van der Waals surface area contributed by atoms with Gasteiger partial charge >= 0.3 is 5.97 Å². The van der Waals surface area contributed by atoms with Crippen LogP contribution in [0.3, 0.4) is 0 Å². The summed E-state index contributed by atoms with van der Waals surface area (Å²) in [4.78, 5) is 24.2. The number of carboxylic acid groups (broad SMARTS) is 1. The van der Waals surface area contributed by atoms with Crippen LogP contribution in [-0.2, 0) is 4.79 Å². The summed E-state index contributed by atoms with van der Waals surface area (Å²) in [7, 11) is 0. The number of carbonyl (C=O) groups excluding carboxylic acids is 1. The number of aliphatic carboxylic acids is 1. The summed E-state index contributed by atoms with van der Waals surface area (Å²) in [5, 5.41) is 8.72. The molecular weight excluding hydrogens is 268 g/mol. The predicted molar refractivity (Wildman–Crippen MR) is 67.2 cm³/mol. The number of carbonyl (C=O) groups is 2. The Morgan fingerprint density at radius 2 is 1.90 bits per heavy atom. The van der Waals surface area contributed by atoms with Crippen molar-refractivity contribution in [2.45, 2.75) is 19.3 Å². The molecule has 0 saturated carbocycles. The average Bonchev–Trinajstić information content (AvgIpc) is 2.38. The Hall–Kier alpha value is -1.98. The van der Waals surface area contributed by atoms with Crippen LogP contribution in [0.2, 0.25) is 0 Å². The van der Waals surface area contributed by atoms with Gasteiger partial charge in [0.05, 0.1) is 5.56 Å². The van der Waals surface area contributed by atoms with E-state index < -0.39 is 23.5 Å². The third-order valence-electron chi connectivity index (χ3n) is 3.53. The zero-order chi connectivity index (χ0) is 14.7. The highest BCUT2D eigenvalue weighted by Crippen LogP contribution is 2.22. The van der Waals surface area contributed by atoms with E-state index in [1.165, 1.54) is 4.90 Å². The van der Waals surface area contributed by atoms with Crippen molar-refractivity contribution in [3.05, 3.63) is 35.4 Å². The van der Waals surface area contributed by atoms with Gasteiger partial charge in [0.25, 0.3) is 5.91 Å². The molecule has 1 saturated heterocycles. The van der Waals surface area contributed by atoms with E-state index in [1.54, 1.807) is 0 Å². The minimum absolute atomic E-state index is 0.0506. The van der Waals surface area contributed by atoms with Crippen molar-refractivity contribution in [2.75, 3.05) is 13.1 Å². The summed E-state index contributed by atoms with van der Waals surface area (Å²) in [5.74, 6) is -2.87. The topological polar surface area (TPSA) is 57.6 Å². The lowest BCUT2D eigenvalue weighted by atomic mass is 9.93. The van der Waals surface area contributed by atoms with Crippen LogP contribution in [0.25, 0.3) is 0 Å². The molecule has 1 heterocycles. The van der Waals surface area contributed by atoms with Gasteiger partial charge in [-0.15, -0.1) is 0 Å². The van der Waals surface area contributed by atoms with Crippen LogP contribution < -0.4 is 0 Å². The summed E-state index contributed by atoms with van der Waals surface area (Å²) in [6.07, 6.45) is 1.26. The zero-order valence-electron chi connectivity index (χ0n) is 10.8. The second kappa shape index (κ2) is 5.98. The first-order valence-corrected chi connectivity index (χ1v) is 6.43. The Labute approximate surface area is 115 Å². The fourth-order valence-electron chi connectivity index (χ4n) is 2.42. The molecule has 1 aromatic rings. The molecule has 0 aliphatic carbocycles. The van der Waals surface area contributed by atoms with Crippen LogP contribution in [0, 0.1) is 17.6 Å². The first kappa shape index (κ1) is 14.4. The maximum absolute atomic E-state index is 13.5. The van der Waals surface area contributed by atoms with E-state index in [1.807, 2.05) is 0 Å². The van der Waals surface area contributed by atoms with Crippen LogP contribution in [-0.4, -0.2) is 35.0 Å². The fraction of sp³-hybridized carbons (Fsp3) is 0.429. The summed E-state index contributed by atoms with van der Waals surface area (Å²) >= 11 is 0. The van der Waals surface area contributed by atoms with Crippen LogP contribution in [0.1, 0.15) is 29.6 Å². The van der Waals surface area contributed by atoms with E-state index in [0.29, 0.717) is 32.0 Å². The van der Waals surface area contributed by atoms with Gasteiger partial charge in [-0.3, -0.25) is 9.59 Å². The van der Waals surface area contributed by atoms with Gasteiger partial charge in [-0.25, -0.2) is 8.78 Å². The summed E-state index contributed by atoms with van der Waals surface area (Å²) in [6, 6.07) is 2.87. The largest absolute Gasteiger partial charge is 0.481 e. The maximum atomic E-state index is 13.5. The Morgan fingerprint density at radius 3 is 2.45 bits per heavy atom. The van der Waals surface area contributed by atoms with Gasteiger partial charge in [0.15, 0.2) is 0 Å². The molecular formula is C14H15F2NO3. The molecule has 1 fully saturated rings. The molecule has 108 valence electrons. The van der Waals surface area contributed by atoms with Crippen molar-refractivity contribution >= 4 is 11.9 Å². The van der Waals surface area contributed by atoms with Crippen molar-refractivity contribution in [3.63, 3.8) is 0 Å². The van der Waals surface area contributed by atoms with Crippen molar-refractivity contribution in [2.24, 2.45) is 5.92 Å². The van der Waals surface area contributed by atoms with Gasteiger partial charge < -0.3 is 10.0 Å². The minimum Gasteiger partial charge on any atom is -0.481 e. The smallest absolute Gasteiger partial charge is 0.303 e. The molecule has 0 bridgehead atoms. The predicted octanol–water partition coefficient (Wildman–Crippen LogP) is 2.29. The van der Waals surface area contributed by atoms with Crippen LogP contribution in [0.5, 0.6) is 0 Å². The number of benzene rings is 1. The summed E-state index contributed by atoms with van der Waals surface area (Å²) in [5.41, 5.74) is -0.150. The fourth-order valence-corrected chi connectivity index (χ4v) is 2.42. The number of rotatable bonds is 3. The SMILES string of the molecule is O=C(O)CC1CCN(C(=O)c2ccc(F)cc2F)CC1. The summed E-state index contributed by atoms with van der Waals surface area (Å²) in [6.45, 7) is 0.793. The normalized spacial score (nSPS) is 16.2. The van der Waals surface area contributed by atoms with E-state index in [-0.39, 0.29) is 17.9 Å². The standard InChI is InChI=1S/C14H15F2NO3/c15-10-1-2-11(12(16)8-10)14(20)17-5-3-9(4-6-17)7-13(18)19/h1-2,8-9H,3-7H2,(H,18,19). The molecule has 1 aliphatic heterocycles. The quantitative estimate of drug-likeness (QED) is 0.926. The third kappa shape index (κ3) is 3.31. The Morgan fingerprint density at radius 1 is 1.25 bits per heavy atom. The van der Waals surface area contributed by atoms with Gasteiger partial charge in [-0.2, -0.15) is 0 Å². The van der Waals surface area contributed by atoms with E-state index >= 15 is 0 Å². The number of nitrogens with zero attached hydrogens (tertiary/aromatic N) is 1. The molecule has 0 unspecified atom stereocenters. The van der Waals surface area contributed by atoms with E-state index in [2.05, 4.69) is 0 Å². The monoisotopic (exact) mass is 283 g/mol. The van der Waals surface area contributed by atoms with Gasteiger partial charge in [0.2, 0.25) is 0 Å². The van der Waals surface area contributed by atoms with E-state index in [4.69, 9.17) is 5.11 Å². The van der Waals surface area contributed by atoms with E-state index in [9.17, 15) is 18.4 Å². The lowest BCUT2D eigenvalue weighted by Crippen LogP contribution is -2.39. The number of carboxylic acids is 1. The molecule has 0 aromatic heterocycles. The molecule has 1 N–H and O–H groups in total. The molecule has 6 heteroatoms. The lowest BCUT2D eigenvalue weighted by molar-refractivity contribution is -0.138. The first-order valence-electron chi connectivity index (χ1n) is 6.43. The van der Waals surface area contributed by atoms with Crippen LogP contribution in [0.15, 0.2) is 18.2 Å². The van der Waals surface area contributed by atoms with Gasteiger partial charge in [0, 0.05) is 25.6 Å². The van der Waals surface area contributed by atoms with E-state index in [0.717, 1.165) is 12.1 Å². The second-order valence-corrected chi connectivity index (χ2v) is 4.96. The van der Waals surface area contributed by atoms with Crippen LogP contribution in [0.4, 0.5) is 8.78 Å². The van der Waals surface area contributed by atoms with Crippen LogP contribution >= 0.6 is 0 Å². The highest BCUT2D eigenvalue weighted by atomic mass is 19.1. The molecule has 20 heavy (non-hydrogen) atoms. The molecule has 0 radical (unpaired) electrons. The van der Waals surface area contributed by atoms with Gasteiger partial charge in [-0.1, -0.05) is 0 Å². The highest BCUT2D eigenvalue weighted by molar-refractivity contribution is 5.94. The molecule has 0 spiro atoms.